The Bertz CT molecular complexity index is 516. The van der Waals surface area contributed by atoms with Gasteiger partial charge in [-0.05, 0) is 45.0 Å². The van der Waals surface area contributed by atoms with Crippen molar-refractivity contribution < 1.29 is 4.79 Å². The van der Waals surface area contributed by atoms with E-state index < -0.39 is 0 Å². The Labute approximate surface area is 139 Å². The minimum atomic E-state index is -0.0210. The average Bonchev–Trinajstić information content (AvgIpc) is 2.45. The molecule has 0 spiro atoms. The molecule has 1 aliphatic heterocycles. The summed E-state index contributed by atoms with van der Waals surface area (Å²) in [6.07, 6.45) is 2.10. The van der Waals surface area contributed by atoms with Crippen LogP contribution in [-0.2, 0) is 4.79 Å². The van der Waals surface area contributed by atoms with Gasteiger partial charge in [0, 0.05) is 23.1 Å². The van der Waals surface area contributed by atoms with Crippen molar-refractivity contribution in [3.63, 3.8) is 0 Å². The zero-order valence-electron chi connectivity index (χ0n) is 12.4. The number of amides is 1. The summed E-state index contributed by atoms with van der Waals surface area (Å²) < 4.78 is 0.896. The molecule has 116 valence electrons. The van der Waals surface area contributed by atoms with Crippen molar-refractivity contribution in [1.82, 2.24) is 10.2 Å². The highest BCUT2D eigenvalue weighted by atomic mass is 79.9. The monoisotopic (exact) mass is 373 g/mol. The third kappa shape index (κ3) is 4.68. The van der Waals surface area contributed by atoms with Crippen molar-refractivity contribution in [2.45, 2.75) is 25.3 Å². The summed E-state index contributed by atoms with van der Waals surface area (Å²) in [7, 11) is 2.00. The van der Waals surface area contributed by atoms with Gasteiger partial charge in [0.1, 0.15) is 0 Å². The topological polar surface area (TPSA) is 44.4 Å². The highest BCUT2D eigenvalue weighted by molar-refractivity contribution is 9.10. The molecule has 0 aliphatic carbocycles. The first-order valence-corrected chi connectivity index (χ1v) is 8.25. The van der Waals surface area contributed by atoms with Crippen LogP contribution in [0.3, 0.4) is 0 Å². The minimum Gasteiger partial charge on any atom is -0.324 e. The second-order valence-electron chi connectivity index (χ2n) is 5.76. The third-order valence-corrected chi connectivity index (χ3v) is 4.94. The lowest BCUT2D eigenvalue weighted by Crippen LogP contribution is -2.51. The number of rotatable bonds is 4. The van der Waals surface area contributed by atoms with Gasteiger partial charge in [-0.25, -0.2) is 0 Å². The Kier molecular flexibility index (Phi) is 5.66. The molecule has 1 heterocycles. The summed E-state index contributed by atoms with van der Waals surface area (Å²) in [6.45, 7) is 4.50. The molecule has 1 fully saturated rings. The van der Waals surface area contributed by atoms with Crippen LogP contribution in [0.15, 0.2) is 22.7 Å². The van der Waals surface area contributed by atoms with E-state index in [4.69, 9.17) is 11.6 Å². The second-order valence-corrected chi connectivity index (χ2v) is 7.08. The van der Waals surface area contributed by atoms with Crippen LogP contribution in [0.4, 0.5) is 5.69 Å². The molecule has 0 unspecified atom stereocenters. The third-order valence-electron chi connectivity index (χ3n) is 4.14. The number of likely N-dealkylation sites (tertiary alicyclic amines) is 1. The molecular formula is C15H21BrClN3O. The van der Waals surface area contributed by atoms with Crippen LogP contribution in [0.1, 0.15) is 19.8 Å². The van der Waals surface area contributed by atoms with Gasteiger partial charge in [-0.3, -0.25) is 9.69 Å². The van der Waals surface area contributed by atoms with E-state index in [1.54, 1.807) is 12.1 Å². The number of piperidine rings is 1. The molecule has 4 nitrogen and oxygen atoms in total. The fourth-order valence-electron chi connectivity index (χ4n) is 2.44. The molecule has 1 aromatic rings. The van der Waals surface area contributed by atoms with Crippen LogP contribution in [0.5, 0.6) is 0 Å². The van der Waals surface area contributed by atoms with Crippen molar-refractivity contribution >= 4 is 39.1 Å². The summed E-state index contributed by atoms with van der Waals surface area (Å²) in [5.41, 5.74) is 0.851. The number of anilines is 1. The number of nitrogens with zero attached hydrogens (tertiary/aromatic N) is 1. The van der Waals surface area contributed by atoms with Crippen molar-refractivity contribution in [2.24, 2.45) is 0 Å². The highest BCUT2D eigenvalue weighted by Gasteiger charge is 2.28. The van der Waals surface area contributed by atoms with Gasteiger partial charge in [0.15, 0.2) is 0 Å². The zero-order chi connectivity index (χ0) is 15.5. The number of hydrogen-bond acceptors (Lipinski definition) is 3. The fraction of sp³-hybridized carbons (Fsp3) is 0.533. The number of carbonyl (C=O) groups excluding carboxylic acids is 1. The lowest BCUT2D eigenvalue weighted by Gasteiger charge is -2.39. The van der Waals surface area contributed by atoms with E-state index in [2.05, 4.69) is 38.4 Å². The molecule has 0 radical (unpaired) electrons. The molecule has 0 atom stereocenters. The number of nitrogens with one attached hydrogen (secondary N) is 2. The summed E-state index contributed by atoms with van der Waals surface area (Å²) in [6, 6.07) is 5.44. The number of hydrogen-bond donors (Lipinski definition) is 2. The van der Waals surface area contributed by atoms with Crippen molar-refractivity contribution in [2.75, 3.05) is 32.0 Å². The molecule has 1 aromatic carbocycles. The van der Waals surface area contributed by atoms with Crippen LogP contribution in [-0.4, -0.2) is 43.0 Å². The first-order chi connectivity index (χ1) is 9.92. The first-order valence-electron chi connectivity index (χ1n) is 7.08. The molecule has 6 heteroatoms. The summed E-state index contributed by atoms with van der Waals surface area (Å²) in [5.74, 6) is -0.0210. The normalized spacial score (nSPS) is 18.5. The molecule has 0 bridgehead atoms. The number of carbonyl (C=O) groups is 1. The van der Waals surface area contributed by atoms with Gasteiger partial charge in [-0.2, -0.15) is 0 Å². The van der Waals surface area contributed by atoms with E-state index >= 15 is 0 Å². The molecule has 2 rings (SSSR count). The van der Waals surface area contributed by atoms with Gasteiger partial charge in [-0.1, -0.05) is 27.5 Å². The van der Waals surface area contributed by atoms with E-state index in [0.717, 1.165) is 30.4 Å². The fourth-order valence-corrected chi connectivity index (χ4v) is 3.16. The predicted molar refractivity (Wildman–Crippen MR) is 90.9 cm³/mol. The van der Waals surface area contributed by atoms with Gasteiger partial charge >= 0.3 is 0 Å². The molecule has 21 heavy (non-hydrogen) atoms. The van der Waals surface area contributed by atoms with Crippen molar-refractivity contribution in [3.8, 4) is 0 Å². The van der Waals surface area contributed by atoms with E-state index in [0.29, 0.717) is 17.3 Å². The maximum atomic E-state index is 12.1. The number of halogens is 2. The van der Waals surface area contributed by atoms with Crippen molar-refractivity contribution in [1.29, 1.82) is 0 Å². The molecule has 0 saturated carbocycles. The average molecular weight is 375 g/mol. The SMILES string of the molecule is CNC1(C)CCN(CC(=O)Nc2ccc(Br)cc2Cl)CC1. The zero-order valence-corrected chi connectivity index (χ0v) is 14.7. The van der Waals surface area contributed by atoms with Crippen LogP contribution < -0.4 is 10.6 Å². The first kappa shape index (κ1) is 16.7. The van der Waals surface area contributed by atoms with E-state index in [-0.39, 0.29) is 11.4 Å². The van der Waals surface area contributed by atoms with Crippen LogP contribution >= 0.6 is 27.5 Å². The maximum absolute atomic E-state index is 12.1. The molecule has 1 amide bonds. The predicted octanol–water partition coefficient (Wildman–Crippen LogP) is 3.11. The van der Waals surface area contributed by atoms with Gasteiger partial charge in [0.25, 0.3) is 0 Å². The Hall–Kier alpha value is -0.620. The van der Waals surface area contributed by atoms with Gasteiger partial charge in [0.05, 0.1) is 17.3 Å². The Morgan fingerprint density at radius 3 is 2.67 bits per heavy atom. The molecular weight excluding hydrogens is 354 g/mol. The number of benzene rings is 1. The maximum Gasteiger partial charge on any atom is 0.238 e. The quantitative estimate of drug-likeness (QED) is 0.851. The minimum absolute atomic E-state index is 0.0210. The van der Waals surface area contributed by atoms with E-state index in [9.17, 15) is 4.79 Å². The van der Waals surface area contributed by atoms with E-state index in [1.807, 2.05) is 13.1 Å². The molecule has 1 saturated heterocycles. The molecule has 2 N–H and O–H groups in total. The lowest BCUT2D eigenvalue weighted by molar-refractivity contribution is -0.117. The Morgan fingerprint density at radius 1 is 1.43 bits per heavy atom. The van der Waals surface area contributed by atoms with E-state index in [1.165, 1.54) is 0 Å². The molecule has 1 aliphatic rings. The van der Waals surface area contributed by atoms with Crippen LogP contribution in [0.2, 0.25) is 5.02 Å². The van der Waals surface area contributed by atoms with Crippen LogP contribution in [0.25, 0.3) is 0 Å². The van der Waals surface area contributed by atoms with Gasteiger partial charge in [-0.15, -0.1) is 0 Å². The lowest BCUT2D eigenvalue weighted by atomic mass is 9.90. The smallest absolute Gasteiger partial charge is 0.238 e. The summed E-state index contributed by atoms with van der Waals surface area (Å²) in [5, 5.41) is 6.77. The second kappa shape index (κ2) is 7.09. The Morgan fingerprint density at radius 2 is 2.10 bits per heavy atom. The summed E-state index contributed by atoms with van der Waals surface area (Å²) >= 11 is 9.45. The Balaban J connectivity index is 1.85. The van der Waals surface area contributed by atoms with Gasteiger partial charge in [0.2, 0.25) is 5.91 Å². The van der Waals surface area contributed by atoms with Gasteiger partial charge < -0.3 is 10.6 Å². The van der Waals surface area contributed by atoms with Crippen molar-refractivity contribution in [3.05, 3.63) is 27.7 Å². The standard InChI is InChI=1S/C15H21BrClN3O/c1-15(18-2)5-7-20(8-6-15)10-14(21)19-13-4-3-11(16)9-12(13)17/h3-4,9,18H,5-8,10H2,1-2H3,(H,19,21). The highest BCUT2D eigenvalue weighted by Crippen LogP contribution is 2.26. The largest absolute Gasteiger partial charge is 0.324 e. The molecule has 0 aromatic heterocycles. The summed E-state index contributed by atoms with van der Waals surface area (Å²) in [4.78, 5) is 14.3. The van der Waals surface area contributed by atoms with Crippen LogP contribution in [0, 0.1) is 0 Å².